The highest BCUT2D eigenvalue weighted by atomic mass is 35.5. The van der Waals surface area contributed by atoms with Crippen molar-refractivity contribution in [3.05, 3.63) is 11.3 Å². The number of rotatable bonds is 1. The molecule has 0 fully saturated rings. The average Bonchev–Trinajstić information content (AvgIpc) is 1.95. The normalized spacial score (nSPS) is 9.40. The third-order valence-corrected chi connectivity index (χ3v) is 1.23. The minimum absolute atomic E-state index is 0.215. The minimum Gasteiger partial charge on any atom is -0.467 e. The van der Waals surface area contributed by atoms with Crippen LogP contribution in [0.3, 0.4) is 0 Å². The lowest BCUT2D eigenvalue weighted by Gasteiger charge is -1.97. The first kappa shape index (κ1) is 7.08. The van der Waals surface area contributed by atoms with Crippen molar-refractivity contribution in [1.29, 1.82) is 0 Å². The van der Waals surface area contributed by atoms with Gasteiger partial charge in [-0.05, 0) is 0 Å². The number of nitrogens with two attached hydrogens (primary N) is 1. The molecule has 1 heterocycles. The maximum atomic E-state index is 5.54. The second kappa shape index (κ2) is 2.70. The van der Waals surface area contributed by atoms with E-state index in [1.54, 1.807) is 0 Å². The number of hydrogen-bond acceptors (Lipinski definition) is 4. The lowest BCUT2D eigenvalue weighted by atomic mass is 10.6. The first-order chi connectivity index (χ1) is 4.74. The van der Waals surface area contributed by atoms with Gasteiger partial charge in [0.05, 0.1) is 19.0 Å². The molecule has 54 valence electrons. The molecular formula is C5H6ClN3O. The van der Waals surface area contributed by atoms with Gasteiger partial charge in [0.1, 0.15) is 0 Å². The molecule has 0 amide bonds. The molecule has 0 radical (unpaired) electrons. The van der Waals surface area contributed by atoms with Crippen LogP contribution in [0.1, 0.15) is 0 Å². The monoisotopic (exact) mass is 159 g/mol. The molecule has 0 saturated heterocycles. The van der Waals surface area contributed by atoms with Crippen molar-refractivity contribution < 1.29 is 4.74 Å². The molecule has 0 unspecified atom stereocenters. The van der Waals surface area contributed by atoms with Gasteiger partial charge in [0.15, 0.2) is 5.15 Å². The van der Waals surface area contributed by atoms with Crippen LogP contribution < -0.4 is 10.5 Å². The van der Waals surface area contributed by atoms with Crippen molar-refractivity contribution in [3.8, 4) is 6.01 Å². The molecule has 4 nitrogen and oxygen atoms in total. The quantitative estimate of drug-likeness (QED) is 0.614. The fraction of sp³-hybridized carbons (Fsp3) is 0.200. The van der Waals surface area contributed by atoms with Crippen molar-refractivity contribution >= 4 is 17.3 Å². The summed E-state index contributed by atoms with van der Waals surface area (Å²) in [6, 6.07) is 0.221. The molecule has 1 aromatic rings. The summed E-state index contributed by atoms with van der Waals surface area (Å²) in [6.07, 6.45) is 1.40. The van der Waals surface area contributed by atoms with Gasteiger partial charge in [-0.3, -0.25) is 0 Å². The summed E-state index contributed by atoms with van der Waals surface area (Å²) in [5, 5.41) is 0.215. The van der Waals surface area contributed by atoms with Crippen molar-refractivity contribution in [3.63, 3.8) is 0 Å². The number of methoxy groups -OCH3 is 1. The zero-order chi connectivity index (χ0) is 7.56. The lowest BCUT2D eigenvalue weighted by molar-refractivity contribution is 0.380. The highest BCUT2D eigenvalue weighted by Gasteiger charge is 1.99. The zero-order valence-electron chi connectivity index (χ0n) is 5.34. The van der Waals surface area contributed by atoms with Crippen LogP contribution in [0.4, 0.5) is 5.69 Å². The smallest absolute Gasteiger partial charge is 0.317 e. The third-order valence-electron chi connectivity index (χ3n) is 0.929. The van der Waals surface area contributed by atoms with Gasteiger partial charge in [-0.25, -0.2) is 4.98 Å². The molecule has 1 aromatic heterocycles. The molecule has 0 aliphatic rings. The van der Waals surface area contributed by atoms with E-state index in [0.29, 0.717) is 5.69 Å². The third kappa shape index (κ3) is 1.27. The van der Waals surface area contributed by atoms with Crippen LogP contribution in [-0.2, 0) is 0 Å². The predicted molar refractivity (Wildman–Crippen MR) is 38.0 cm³/mol. The Labute approximate surface area is 63.0 Å². The topological polar surface area (TPSA) is 61.0 Å². The fourth-order valence-electron chi connectivity index (χ4n) is 0.454. The van der Waals surface area contributed by atoms with E-state index in [-0.39, 0.29) is 11.2 Å². The predicted octanol–water partition coefficient (Wildman–Crippen LogP) is 0.721. The summed E-state index contributed by atoms with van der Waals surface area (Å²) >= 11 is 5.54. The van der Waals surface area contributed by atoms with Gasteiger partial charge in [0.2, 0.25) is 0 Å². The van der Waals surface area contributed by atoms with E-state index >= 15 is 0 Å². The number of nitrogens with zero attached hydrogens (tertiary/aromatic N) is 2. The first-order valence-electron chi connectivity index (χ1n) is 2.56. The van der Waals surface area contributed by atoms with Crippen LogP contribution in [0, 0.1) is 0 Å². The molecule has 0 saturated carbocycles. The van der Waals surface area contributed by atoms with E-state index in [9.17, 15) is 0 Å². The summed E-state index contributed by atoms with van der Waals surface area (Å²) in [7, 11) is 1.46. The van der Waals surface area contributed by atoms with Gasteiger partial charge in [-0.15, -0.1) is 0 Å². The molecule has 0 aliphatic heterocycles. The Morgan fingerprint density at radius 3 is 2.90 bits per heavy atom. The molecule has 1 rings (SSSR count). The number of hydrogen-bond donors (Lipinski definition) is 1. The summed E-state index contributed by atoms with van der Waals surface area (Å²) in [5.41, 5.74) is 5.68. The zero-order valence-corrected chi connectivity index (χ0v) is 6.09. The summed E-state index contributed by atoms with van der Waals surface area (Å²) in [4.78, 5) is 7.41. The van der Waals surface area contributed by atoms with E-state index in [1.807, 2.05) is 0 Å². The lowest BCUT2D eigenvalue weighted by Crippen LogP contribution is -1.95. The van der Waals surface area contributed by atoms with Gasteiger partial charge in [-0.1, -0.05) is 11.6 Å². The maximum Gasteiger partial charge on any atom is 0.317 e. The van der Waals surface area contributed by atoms with Crippen LogP contribution in [0.25, 0.3) is 0 Å². The Hall–Kier alpha value is -1.03. The average molecular weight is 160 g/mol. The molecular weight excluding hydrogens is 154 g/mol. The molecule has 0 spiro atoms. The molecule has 0 bridgehead atoms. The molecule has 0 aliphatic carbocycles. The van der Waals surface area contributed by atoms with E-state index in [2.05, 4.69) is 14.7 Å². The maximum absolute atomic E-state index is 5.54. The van der Waals surface area contributed by atoms with Gasteiger partial charge in [-0.2, -0.15) is 4.98 Å². The number of ether oxygens (including phenoxy) is 1. The van der Waals surface area contributed by atoms with Crippen LogP contribution in [-0.4, -0.2) is 17.1 Å². The number of aromatic nitrogens is 2. The standard InChI is InChI=1S/C5H6ClN3O/c1-10-5-8-2-3(7)4(6)9-5/h2H,7H2,1H3. The van der Waals surface area contributed by atoms with E-state index < -0.39 is 0 Å². The van der Waals surface area contributed by atoms with E-state index in [0.717, 1.165) is 0 Å². The summed E-state index contributed by atoms with van der Waals surface area (Å²) < 4.78 is 4.69. The molecule has 2 N–H and O–H groups in total. The summed E-state index contributed by atoms with van der Waals surface area (Å²) in [6.45, 7) is 0. The van der Waals surface area contributed by atoms with Crippen molar-refractivity contribution in [1.82, 2.24) is 9.97 Å². The summed E-state index contributed by atoms with van der Waals surface area (Å²) in [5.74, 6) is 0. The Kier molecular flexibility index (Phi) is 1.91. The largest absolute Gasteiger partial charge is 0.467 e. The molecule has 0 atom stereocenters. The minimum atomic E-state index is 0.215. The molecule has 10 heavy (non-hydrogen) atoms. The van der Waals surface area contributed by atoms with E-state index in [4.69, 9.17) is 17.3 Å². The molecule has 0 aromatic carbocycles. The SMILES string of the molecule is COc1ncc(N)c(Cl)n1. The number of nitrogen functional groups attached to an aromatic ring is 1. The van der Waals surface area contributed by atoms with Crippen LogP contribution in [0.15, 0.2) is 6.20 Å². The van der Waals surface area contributed by atoms with Crippen LogP contribution in [0.5, 0.6) is 6.01 Å². The van der Waals surface area contributed by atoms with Gasteiger partial charge in [0.25, 0.3) is 0 Å². The number of halogens is 1. The molecule has 5 heteroatoms. The first-order valence-corrected chi connectivity index (χ1v) is 2.94. The second-order valence-corrected chi connectivity index (χ2v) is 1.96. The Morgan fingerprint density at radius 2 is 2.40 bits per heavy atom. The van der Waals surface area contributed by atoms with E-state index in [1.165, 1.54) is 13.3 Å². The fourth-order valence-corrected chi connectivity index (χ4v) is 0.575. The number of anilines is 1. The van der Waals surface area contributed by atoms with Crippen molar-refractivity contribution in [2.75, 3.05) is 12.8 Å². The highest BCUT2D eigenvalue weighted by molar-refractivity contribution is 6.31. The van der Waals surface area contributed by atoms with Crippen molar-refractivity contribution in [2.45, 2.75) is 0 Å². The van der Waals surface area contributed by atoms with Gasteiger partial charge >= 0.3 is 6.01 Å². The Balaban J connectivity index is 3.04. The van der Waals surface area contributed by atoms with Crippen molar-refractivity contribution in [2.24, 2.45) is 0 Å². The Bertz CT molecular complexity index is 240. The van der Waals surface area contributed by atoms with Gasteiger partial charge in [0, 0.05) is 0 Å². The Morgan fingerprint density at radius 1 is 1.70 bits per heavy atom. The van der Waals surface area contributed by atoms with Crippen LogP contribution >= 0.6 is 11.6 Å². The second-order valence-electron chi connectivity index (χ2n) is 1.60. The highest BCUT2D eigenvalue weighted by Crippen LogP contribution is 2.15. The van der Waals surface area contributed by atoms with Crippen LogP contribution in [0.2, 0.25) is 5.15 Å². The van der Waals surface area contributed by atoms with Gasteiger partial charge < -0.3 is 10.5 Å².